The third kappa shape index (κ3) is 11.6. The van der Waals surface area contributed by atoms with E-state index >= 15 is 0 Å². The average Bonchev–Trinajstić information content (AvgIpc) is 3.02. The smallest absolute Gasteiger partial charge is 0.258 e. The first-order valence-corrected chi connectivity index (χ1v) is 17.0. The number of aliphatic hydroxyl groups excluding tert-OH is 1. The van der Waals surface area contributed by atoms with E-state index in [1.165, 1.54) is 6.42 Å². The fourth-order valence-electron chi connectivity index (χ4n) is 6.18. The summed E-state index contributed by atoms with van der Waals surface area (Å²) in [5.41, 5.74) is 0.925. The number of likely N-dealkylation sites (N-methyl/N-ethyl adjacent to an activating group) is 1. The van der Waals surface area contributed by atoms with E-state index in [1.807, 2.05) is 41.9 Å². The Morgan fingerprint density at radius 2 is 1.78 bits per heavy atom. The molecule has 1 aliphatic heterocycles. The molecule has 2 aliphatic rings. The van der Waals surface area contributed by atoms with Crippen LogP contribution in [0.4, 0.5) is 5.69 Å². The molecule has 0 aromatic heterocycles. The van der Waals surface area contributed by atoms with Crippen molar-refractivity contribution in [1.29, 1.82) is 0 Å². The number of amides is 3. The first-order chi connectivity index (χ1) is 21.5. The largest absolute Gasteiger partial charge is 0.490 e. The molecule has 1 aromatic rings. The molecule has 45 heavy (non-hydrogen) atoms. The van der Waals surface area contributed by atoms with Gasteiger partial charge in [-0.3, -0.25) is 14.4 Å². The van der Waals surface area contributed by atoms with Gasteiger partial charge >= 0.3 is 0 Å². The third-order valence-corrected chi connectivity index (χ3v) is 9.17. The Morgan fingerprint density at radius 1 is 1.07 bits per heavy atom. The summed E-state index contributed by atoms with van der Waals surface area (Å²) in [5, 5.41) is 13.3. The number of aliphatic hydroxyl groups is 1. The van der Waals surface area contributed by atoms with E-state index in [2.05, 4.69) is 10.2 Å². The lowest BCUT2D eigenvalue weighted by atomic mass is 9.88. The molecular formula is C35H58N4O6. The van der Waals surface area contributed by atoms with Crippen LogP contribution >= 0.6 is 0 Å². The van der Waals surface area contributed by atoms with Gasteiger partial charge in [-0.05, 0) is 91.2 Å². The van der Waals surface area contributed by atoms with Crippen molar-refractivity contribution < 1.29 is 29.0 Å². The molecule has 3 rings (SSSR count). The van der Waals surface area contributed by atoms with Crippen molar-refractivity contribution in [2.45, 2.75) is 103 Å². The summed E-state index contributed by atoms with van der Waals surface area (Å²) in [7, 11) is 5.81. The number of hydrogen-bond donors (Lipinski definition) is 2. The van der Waals surface area contributed by atoms with Crippen molar-refractivity contribution in [2.75, 3.05) is 59.3 Å². The minimum atomic E-state index is -0.468. The van der Waals surface area contributed by atoms with Crippen molar-refractivity contribution in [3.05, 3.63) is 23.8 Å². The van der Waals surface area contributed by atoms with Gasteiger partial charge < -0.3 is 34.6 Å². The predicted octanol–water partition coefficient (Wildman–Crippen LogP) is 4.80. The summed E-state index contributed by atoms with van der Waals surface area (Å²) in [5.74, 6) is 0.127. The summed E-state index contributed by atoms with van der Waals surface area (Å²) in [6.07, 6.45) is 8.43. The zero-order valence-electron chi connectivity index (χ0n) is 28.6. The van der Waals surface area contributed by atoms with Gasteiger partial charge in [-0.2, -0.15) is 0 Å². The number of fused-ring (bicyclic) bond motifs is 1. The predicted molar refractivity (Wildman–Crippen MR) is 178 cm³/mol. The molecule has 0 radical (unpaired) electrons. The molecule has 0 bridgehead atoms. The molecule has 1 fully saturated rings. The highest BCUT2D eigenvalue weighted by Crippen LogP contribution is 2.30. The maximum absolute atomic E-state index is 14.3. The first-order valence-electron chi connectivity index (χ1n) is 17.0. The van der Waals surface area contributed by atoms with Crippen LogP contribution in [0.25, 0.3) is 0 Å². The number of nitrogens with zero attached hydrogens (tertiary/aromatic N) is 3. The molecule has 1 saturated carbocycles. The van der Waals surface area contributed by atoms with E-state index in [0.717, 1.165) is 57.9 Å². The van der Waals surface area contributed by atoms with E-state index in [1.54, 1.807) is 28.0 Å². The van der Waals surface area contributed by atoms with E-state index in [0.29, 0.717) is 43.1 Å². The Hall–Kier alpha value is -2.69. The van der Waals surface area contributed by atoms with Crippen LogP contribution in [0.15, 0.2) is 18.2 Å². The molecule has 4 atom stereocenters. The third-order valence-electron chi connectivity index (χ3n) is 9.17. The number of hydrogen-bond acceptors (Lipinski definition) is 7. The fraction of sp³-hybridized carbons (Fsp3) is 0.743. The lowest BCUT2D eigenvalue weighted by molar-refractivity contribution is -0.132. The zero-order chi connectivity index (χ0) is 32.9. The second-order valence-corrected chi connectivity index (χ2v) is 13.5. The number of carbonyl (C=O) groups is 3. The SMILES string of the molecule is C[C@@H]1CN([C@@H](C)CO)C(=O)c2cc(NC(=O)C3CCCCC3)ccc2O[C@@H](C)CCCCO[C@H]1CN(C)C(=O)CCCN(C)C. The summed E-state index contributed by atoms with van der Waals surface area (Å²) in [4.78, 5) is 45.8. The summed E-state index contributed by atoms with van der Waals surface area (Å²) in [6.45, 7) is 7.78. The number of nitrogens with one attached hydrogen (secondary N) is 1. The van der Waals surface area contributed by atoms with Crippen molar-refractivity contribution in [1.82, 2.24) is 14.7 Å². The van der Waals surface area contributed by atoms with Gasteiger partial charge in [0.1, 0.15) is 5.75 Å². The molecule has 0 spiro atoms. The lowest BCUT2D eigenvalue weighted by Crippen LogP contribution is -2.48. The van der Waals surface area contributed by atoms with Crippen LogP contribution < -0.4 is 10.1 Å². The minimum absolute atomic E-state index is 0.00754. The van der Waals surface area contributed by atoms with Crippen LogP contribution in [0.1, 0.15) is 95.3 Å². The van der Waals surface area contributed by atoms with Crippen molar-refractivity contribution in [3.8, 4) is 5.75 Å². The number of carbonyl (C=O) groups excluding carboxylic acids is 3. The molecule has 10 heteroatoms. The van der Waals surface area contributed by atoms with Gasteiger partial charge in [-0.15, -0.1) is 0 Å². The number of ether oxygens (including phenoxy) is 2. The van der Waals surface area contributed by atoms with Gasteiger partial charge in [0, 0.05) is 50.7 Å². The van der Waals surface area contributed by atoms with Crippen LogP contribution in [-0.2, 0) is 14.3 Å². The normalized spacial score (nSPS) is 23.1. The van der Waals surface area contributed by atoms with Crippen LogP contribution in [0.2, 0.25) is 0 Å². The molecule has 1 aliphatic carbocycles. The highest BCUT2D eigenvalue weighted by atomic mass is 16.5. The van der Waals surface area contributed by atoms with Gasteiger partial charge in [0.15, 0.2) is 0 Å². The van der Waals surface area contributed by atoms with Gasteiger partial charge in [0.25, 0.3) is 5.91 Å². The standard InChI is InChI=1S/C35H58N4O6/c1-25-22-39(26(2)24-40)35(43)30-21-29(36-34(42)28-14-8-7-9-15-28)17-18-31(30)45-27(3)13-10-11-20-44-32(25)23-38(6)33(41)16-12-19-37(4)5/h17-18,21,25-28,32,40H,7-16,19-20,22-24H2,1-6H3,(H,36,42)/t25-,26+,27+,32+/m1/s1. The summed E-state index contributed by atoms with van der Waals surface area (Å²) < 4.78 is 12.7. The quantitative estimate of drug-likeness (QED) is 0.382. The van der Waals surface area contributed by atoms with E-state index in [4.69, 9.17) is 9.47 Å². The minimum Gasteiger partial charge on any atom is -0.490 e. The molecular weight excluding hydrogens is 572 g/mol. The van der Waals surface area contributed by atoms with Gasteiger partial charge in [-0.1, -0.05) is 26.2 Å². The molecule has 10 nitrogen and oxygen atoms in total. The summed E-state index contributed by atoms with van der Waals surface area (Å²) in [6, 6.07) is 4.83. The van der Waals surface area contributed by atoms with Gasteiger partial charge in [-0.25, -0.2) is 0 Å². The molecule has 3 amide bonds. The maximum atomic E-state index is 14.3. The Bertz CT molecular complexity index is 1090. The van der Waals surface area contributed by atoms with Crippen LogP contribution in [0.5, 0.6) is 5.75 Å². The van der Waals surface area contributed by atoms with Crippen molar-refractivity contribution >= 4 is 23.4 Å². The van der Waals surface area contributed by atoms with Crippen molar-refractivity contribution in [2.24, 2.45) is 11.8 Å². The molecule has 0 unspecified atom stereocenters. The van der Waals surface area contributed by atoms with Gasteiger partial charge in [0.2, 0.25) is 11.8 Å². The fourth-order valence-corrected chi connectivity index (χ4v) is 6.18. The van der Waals surface area contributed by atoms with E-state index in [9.17, 15) is 19.5 Å². The molecule has 1 aromatic carbocycles. The number of anilines is 1. The molecule has 2 N–H and O–H groups in total. The molecule has 254 valence electrons. The van der Waals surface area contributed by atoms with Crippen LogP contribution in [0.3, 0.4) is 0 Å². The number of benzene rings is 1. The zero-order valence-corrected chi connectivity index (χ0v) is 28.6. The highest BCUT2D eigenvalue weighted by molar-refractivity contribution is 6.00. The topological polar surface area (TPSA) is 112 Å². The highest BCUT2D eigenvalue weighted by Gasteiger charge is 2.31. The molecule has 1 heterocycles. The average molecular weight is 631 g/mol. The second kappa shape index (κ2) is 18.5. The Morgan fingerprint density at radius 3 is 2.47 bits per heavy atom. The Labute approximate surface area is 270 Å². The monoisotopic (exact) mass is 630 g/mol. The van der Waals surface area contributed by atoms with Crippen LogP contribution in [0, 0.1) is 11.8 Å². The maximum Gasteiger partial charge on any atom is 0.258 e. The van der Waals surface area contributed by atoms with Crippen LogP contribution in [-0.4, -0.2) is 110 Å². The number of rotatable bonds is 10. The first kappa shape index (κ1) is 36.8. The lowest BCUT2D eigenvalue weighted by Gasteiger charge is -2.36. The summed E-state index contributed by atoms with van der Waals surface area (Å²) >= 11 is 0. The molecule has 0 saturated heterocycles. The Balaban J connectivity index is 1.87. The van der Waals surface area contributed by atoms with Crippen molar-refractivity contribution in [3.63, 3.8) is 0 Å². The van der Waals surface area contributed by atoms with Gasteiger partial charge in [0.05, 0.1) is 30.4 Å². The second-order valence-electron chi connectivity index (χ2n) is 13.5. The van der Waals surface area contributed by atoms with E-state index in [-0.39, 0.29) is 48.4 Å². The van der Waals surface area contributed by atoms with E-state index < -0.39 is 6.04 Å². The Kier molecular flexibility index (Phi) is 15.1.